The Balaban J connectivity index is 2.17. The van der Waals surface area contributed by atoms with Gasteiger partial charge >= 0.3 is 0 Å². The van der Waals surface area contributed by atoms with Gasteiger partial charge in [-0.25, -0.2) is 8.42 Å². The van der Waals surface area contributed by atoms with Crippen LogP contribution in [-0.2, 0) is 14.6 Å². The number of rotatable bonds is 3. The zero-order valence-electron chi connectivity index (χ0n) is 11.7. The van der Waals surface area contributed by atoms with Crippen LogP contribution in [-0.4, -0.2) is 44.7 Å². The lowest BCUT2D eigenvalue weighted by atomic mass is 9.77. The molecule has 2 aliphatic rings. The molecule has 2 heterocycles. The Morgan fingerprint density at radius 1 is 1.44 bits per heavy atom. The van der Waals surface area contributed by atoms with Crippen molar-refractivity contribution in [3.63, 3.8) is 0 Å². The van der Waals surface area contributed by atoms with Crippen LogP contribution in [0.1, 0.15) is 40.0 Å². The molecule has 18 heavy (non-hydrogen) atoms. The number of hydrogen-bond donors (Lipinski definition) is 1. The molecular weight excluding hydrogens is 250 g/mol. The highest BCUT2D eigenvalue weighted by Gasteiger charge is 2.51. The summed E-state index contributed by atoms with van der Waals surface area (Å²) in [6.07, 6.45) is 2.71. The molecule has 2 fully saturated rings. The molecule has 4 nitrogen and oxygen atoms in total. The first-order chi connectivity index (χ1) is 8.29. The van der Waals surface area contributed by atoms with Gasteiger partial charge in [0.05, 0.1) is 23.7 Å². The summed E-state index contributed by atoms with van der Waals surface area (Å²) >= 11 is 0. The molecule has 0 aromatic heterocycles. The molecule has 0 saturated carbocycles. The van der Waals surface area contributed by atoms with Gasteiger partial charge < -0.3 is 10.1 Å². The summed E-state index contributed by atoms with van der Waals surface area (Å²) in [5, 5.41) is 3.49. The molecule has 0 radical (unpaired) electrons. The molecule has 106 valence electrons. The molecule has 2 saturated heterocycles. The van der Waals surface area contributed by atoms with E-state index in [1.807, 2.05) is 0 Å². The van der Waals surface area contributed by atoms with Gasteiger partial charge in [-0.3, -0.25) is 0 Å². The van der Waals surface area contributed by atoms with E-state index in [0.29, 0.717) is 13.0 Å². The van der Waals surface area contributed by atoms with Gasteiger partial charge in [0, 0.05) is 12.6 Å². The van der Waals surface area contributed by atoms with Crippen LogP contribution in [0.25, 0.3) is 0 Å². The lowest BCUT2D eigenvalue weighted by Gasteiger charge is -2.44. The maximum Gasteiger partial charge on any atom is 0.153 e. The highest BCUT2D eigenvalue weighted by molar-refractivity contribution is 7.91. The van der Waals surface area contributed by atoms with Gasteiger partial charge in [-0.1, -0.05) is 27.2 Å². The molecule has 2 atom stereocenters. The molecule has 0 amide bonds. The molecule has 0 aromatic rings. The Bertz CT molecular complexity index is 404. The van der Waals surface area contributed by atoms with Gasteiger partial charge in [-0.05, 0) is 18.3 Å². The summed E-state index contributed by atoms with van der Waals surface area (Å²) in [5.41, 5.74) is -0.249. The maximum atomic E-state index is 11.8. The third-order valence-corrected chi connectivity index (χ3v) is 6.29. The smallest absolute Gasteiger partial charge is 0.153 e. The van der Waals surface area contributed by atoms with Gasteiger partial charge in [0.15, 0.2) is 9.84 Å². The second kappa shape index (κ2) is 4.76. The summed E-state index contributed by atoms with van der Waals surface area (Å²) in [4.78, 5) is 0. The van der Waals surface area contributed by atoms with Crippen LogP contribution in [0.4, 0.5) is 0 Å². The standard InChI is InChI=1S/C13H25NO3S/c1-4-12(2,3)9-11-13(17-7-6-14-11)5-8-18(15,16)10-13/h11,14H,4-10H2,1-3H3. The first-order valence-corrected chi connectivity index (χ1v) is 8.69. The van der Waals surface area contributed by atoms with Gasteiger partial charge in [-0.15, -0.1) is 0 Å². The second-order valence-corrected chi connectivity index (χ2v) is 8.67. The molecule has 0 bridgehead atoms. The zero-order chi connectivity index (χ0) is 13.4. The quantitative estimate of drug-likeness (QED) is 0.845. The summed E-state index contributed by atoms with van der Waals surface area (Å²) in [7, 11) is -2.91. The van der Waals surface area contributed by atoms with E-state index in [-0.39, 0.29) is 23.0 Å². The van der Waals surface area contributed by atoms with Crippen molar-refractivity contribution < 1.29 is 13.2 Å². The fourth-order valence-electron chi connectivity index (χ4n) is 2.96. The first-order valence-electron chi connectivity index (χ1n) is 6.86. The Labute approximate surface area is 110 Å². The van der Waals surface area contributed by atoms with Gasteiger partial charge in [0.1, 0.15) is 0 Å². The number of sulfone groups is 1. The fraction of sp³-hybridized carbons (Fsp3) is 1.00. The van der Waals surface area contributed by atoms with Crippen LogP contribution in [0.3, 0.4) is 0 Å². The monoisotopic (exact) mass is 275 g/mol. The molecule has 2 aliphatic heterocycles. The normalized spacial score (nSPS) is 36.1. The van der Waals surface area contributed by atoms with E-state index >= 15 is 0 Å². The zero-order valence-corrected chi connectivity index (χ0v) is 12.5. The maximum absolute atomic E-state index is 11.8. The van der Waals surface area contributed by atoms with Crippen molar-refractivity contribution >= 4 is 9.84 Å². The van der Waals surface area contributed by atoms with Crippen LogP contribution in [0.5, 0.6) is 0 Å². The van der Waals surface area contributed by atoms with E-state index in [9.17, 15) is 8.42 Å². The molecule has 1 spiro atoms. The molecule has 1 N–H and O–H groups in total. The Morgan fingerprint density at radius 3 is 2.72 bits per heavy atom. The van der Waals surface area contributed by atoms with Gasteiger partial charge in [0.2, 0.25) is 0 Å². The van der Waals surface area contributed by atoms with E-state index in [4.69, 9.17) is 4.74 Å². The third kappa shape index (κ3) is 2.89. The second-order valence-electron chi connectivity index (χ2n) is 6.48. The van der Waals surface area contributed by atoms with Crippen molar-refractivity contribution in [2.24, 2.45) is 5.41 Å². The van der Waals surface area contributed by atoms with E-state index in [0.717, 1.165) is 19.4 Å². The van der Waals surface area contributed by atoms with Crippen molar-refractivity contribution in [1.82, 2.24) is 5.32 Å². The lowest BCUT2D eigenvalue weighted by Crippen LogP contribution is -2.59. The van der Waals surface area contributed by atoms with Crippen molar-refractivity contribution in [3.8, 4) is 0 Å². The Morgan fingerprint density at radius 2 is 2.17 bits per heavy atom. The van der Waals surface area contributed by atoms with Gasteiger partial charge in [-0.2, -0.15) is 0 Å². The Hall–Kier alpha value is -0.130. The third-order valence-electron chi connectivity index (χ3n) is 4.53. The molecular formula is C13H25NO3S. The largest absolute Gasteiger partial charge is 0.371 e. The average molecular weight is 275 g/mol. The summed E-state index contributed by atoms with van der Waals surface area (Å²) in [5.74, 6) is 0.467. The highest BCUT2D eigenvalue weighted by atomic mass is 32.2. The summed E-state index contributed by atoms with van der Waals surface area (Å²) in [6, 6.07) is 0.165. The number of nitrogens with one attached hydrogen (secondary N) is 1. The lowest BCUT2D eigenvalue weighted by molar-refractivity contribution is -0.0875. The highest BCUT2D eigenvalue weighted by Crippen LogP contribution is 2.38. The van der Waals surface area contributed by atoms with Crippen LogP contribution in [0.2, 0.25) is 0 Å². The predicted octanol–water partition coefficient (Wildman–Crippen LogP) is 1.36. The number of morpholine rings is 1. The Kier molecular flexibility index (Phi) is 3.78. The van der Waals surface area contributed by atoms with Crippen LogP contribution < -0.4 is 5.32 Å². The summed E-state index contributed by atoms with van der Waals surface area (Å²) < 4.78 is 29.5. The van der Waals surface area contributed by atoms with E-state index in [1.54, 1.807) is 0 Å². The predicted molar refractivity (Wildman–Crippen MR) is 72.4 cm³/mol. The van der Waals surface area contributed by atoms with Gasteiger partial charge in [0.25, 0.3) is 0 Å². The number of ether oxygens (including phenoxy) is 1. The van der Waals surface area contributed by atoms with E-state index in [1.165, 1.54) is 0 Å². The number of hydrogen-bond acceptors (Lipinski definition) is 4. The molecule has 0 aliphatic carbocycles. The SMILES string of the molecule is CCC(C)(C)CC1NCCOC12CCS(=O)(=O)C2. The van der Waals surface area contributed by atoms with Crippen LogP contribution in [0.15, 0.2) is 0 Å². The van der Waals surface area contributed by atoms with E-state index in [2.05, 4.69) is 26.1 Å². The molecule has 2 unspecified atom stereocenters. The fourth-order valence-corrected chi connectivity index (χ4v) is 4.94. The average Bonchev–Trinajstić information content (AvgIpc) is 2.59. The topological polar surface area (TPSA) is 55.4 Å². The molecule has 0 aromatic carbocycles. The van der Waals surface area contributed by atoms with Crippen molar-refractivity contribution in [3.05, 3.63) is 0 Å². The first kappa shape index (κ1) is 14.3. The minimum Gasteiger partial charge on any atom is -0.371 e. The van der Waals surface area contributed by atoms with Crippen LogP contribution in [0, 0.1) is 5.41 Å². The van der Waals surface area contributed by atoms with Crippen molar-refractivity contribution in [2.45, 2.75) is 51.7 Å². The minimum absolute atomic E-state index is 0.165. The van der Waals surface area contributed by atoms with E-state index < -0.39 is 15.4 Å². The molecule has 2 rings (SSSR count). The molecule has 5 heteroatoms. The summed E-state index contributed by atoms with van der Waals surface area (Å²) in [6.45, 7) is 8.10. The van der Waals surface area contributed by atoms with Crippen molar-refractivity contribution in [1.29, 1.82) is 0 Å². The van der Waals surface area contributed by atoms with Crippen molar-refractivity contribution in [2.75, 3.05) is 24.7 Å². The van der Waals surface area contributed by atoms with Crippen LogP contribution >= 0.6 is 0 Å². The minimum atomic E-state index is -2.91.